The molecule has 0 aromatic carbocycles. The molecule has 33 heavy (non-hydrogen) atoms. The van der Waals surface area contributed by atoms with Crippen molar-refractivity contribution in [1.82, 2.24) is 0 Å². The van der Waals surface area contributed by atoms with E-state index in [-0.39, 0.29) is 104 Å². The second-order valence-electron chi connectivity index (χ2n) is 1.38. The third kappa shape index (κ3) is 475000. The third-order valence-electron chi connectivity index (χ3n) is 0. The first-order valence-corrected chi connectivity index (χ1v) is 23.2. The van der Waals surface area contributed by atoms with E-state index in [2.05, 4.69) is 0 Å². The Morgan fingerprint density at radius 1 is 0.455 bits per heavy atom. The van der Waals surface area contributed by atoms with Crippen LogP contribution in [0.4, 0.5) is 0 Å². The van der Waals surface area contributed by atoms with Gasteiger partial charge in [0.2, 0.25) is 0 Å². The molecule has 0 unspecified atom stereocenters. The first-order chi connectivity index (χ1) is 8.93. The van der Waals surface area contributed by atoms with Crippen LogP contribution >= 0.6 is 23.9 Å². The van der Waals surface area contributed by atoms with Crippen LogP contribution in [0.2, 0.25) is 0 Å². The molecule has 22 N–H and O–H groups in total. The summed E-state index contributed by atoms with van der Waals surface area (Å²) in [5.41, 5.74) is 0. The van der Waals surface area contributed by atoms with Crippen molar-refractivity contribution in [2.75, 3.05) is 0 Å². The largest absolute Gasteiger partial charge is 0 e. The molecule has 0 fully saturated rings. The third-order valence-corrected chi connectivity index (χ3v) is 0. The molecule has 220 valence electrons. The van der Waals surface area contributed by atoms with E-state index in [9.17, 15) is 0 Å². The SMILES string of the molecule is C.C.O.O.O.O.O.O.O.O.O.O=[N+]([O-])O.O=[N+]([O-])O.O=[N+]([O-])O.O=[N+]([O-])O.[Cl][Th]([Cl])([Cl])[Cl].[Th]. The van der Waals surface area contributed by atoms with Crippen molar-refractivity contribution in [3.05, 3.63) is 40.5 Å². The fourth-order valence-corrected chi connectivity index (χ4v) is 0. The zero-order valence-corrected chi connectivity index (χ0v) is 25.1. The van der Waals surface area contributed by atoms with Crippen LogP contribution in [0.15, 0.2) is 0 Å². The van der Waals surface area contributed by atoms with Gasteiger partial charge in [-0.1, -0.05) is 14.9 Å². The average Bonchev–Trinajstić information content (AvgIpc) is 1.91. The topological polar surface area (TPSA) is 537 Å². The molecule has 0 rings (SSSR count). The van der Waals surface area contributed by atoms with E-state index in [1.165, 1.54) is 0 Å². The fraction of sp³-hybridized carbons (Fsp3) is 1.00. The van der Waals surface area contributed by atoms with Gasteiger partial charge in [-0.2, -0.15) is 0 Å². The minimum atomic E-state index is -3.45. The summed E-state index contributed by atoms with van der Waals surface area (Å²) >= 11 is -3.45. The molecule has 0 spiro atoms. The summed E-state index contributed by atoms with van der Waals surface area (Å²) in [5, 5.41) is 54.6. The van der Waals surface area contributed by atoms with Gasteiger partial charge < -0.3 is 70.1 Å². The van der Waals surface area contributed by atoms with Crippen LogP contribution in [0, 0.1) is 106 Å². The smallest absolute Gasteiger partial charge is 0 e. The van der Waals surface area contributed by atoms with E-state index in [0.717, 1.165) is 0 Å². The van der Waals surface area contributed by atoms with E-state index in [1.54, 1.807) is 0 Å². The van der Waals surface area contributed by atoms with Crippen LogP contribution in [0.3, 0.4) is 0 Å². The molecule has 0 saturated carbocycles. The van der Waals surface area contributed by atoms with Gasteiger partial charge in [-0.05, 0) is 0 Å². The maximum absolute atomic E-state index is 8.36. The molecular formula is C2H30Cl4N4O21Th2. The summed E-state index contributed by atoms with van der Waals surface area (Å²) in [6, 6.07) is 0. The number of nitrogens with zero attached hydrogens (tertiary/aromatic N) is 4. The quantitative estimate of drug-likeness (QED) is 0.131. The Balaban J connectivity index is -0.00000000594. The molecule has 0 aromatic heterocycles. The van der Waals surface area contributed by atoms with Crippen LogP contribution in [0.25, 0.3) is 0 Å². The van der Waals surface area contributed by atoms with Crippen LogP contribution in [-0.2, 0) is 0 Å². The Kier molecular flexibility index (Phi) is 375. The zero-order chi connectivity index (χ0) is 18.8. The molecule has 31 heteroatoms. The standard InChI is InChI=1S/2CH4.4ClH.4HNO3.9H2O.2Th/c;;;;;;4*2-1(3)4;;;;;;;;;;;/h2*1H4;4*1H;4*(H,2,3,4);9*1H2;;/q;;;;;;;;;;;;;;;;;;;;+4/p-4. The van der Waals surface area contributed by atoms with Gasteiger partial charge in [-0.25, -0.2) is 0 Å². The van der Waals surface area contributed by atoms with Crippen molar-refractivity contribution in [2.45, 2.75) is 14.9 Å². The van der Waals surface area contributed by atoms with Crippen molar-refractivity contribution >= 4 is 23.9 Å². The first-order valence-electron chi connectivity index (χ1n) is 3.02. The van der Waals surface area contributed by atoms with E-state index in [4.69, 9.17) is 85.2 Å². The van der Waals surface area contributed by atoms with Crippen molar-refractivity contribution in [3.63, 3.8) is 0 Å². The molecule has 0 amide bonds. The van der Waals surface area contributed by atoms with E-state index < -0.39 is 46.0 Å². The van der Waals surface area contributed by atoms with Gasteiger partial charge in [0.05, 0.1) is 0 Å². The molecule has 0 bridgehead atoms. The average molecular weight is 1050 g/mol. The van der Waals surface area contributed by atoms with Crippen molar-refractivity contribution in [2.24, 2.45) is 0 Å². The summed E-state index contributed by atoms with van der Waals surface area (Å²) in [5.74, 6) is 20.2. The molecule has 0 aliphatic rings. The minimum absolute atomic E-state index is 0. The normalized spacial score (nSPS) is 4.73. The molecule has 0 radical (unpaired) electrons. The number of hydrogen-bond acceptors (Lipinski definition) is 8. The number of rotatable bonds is 0. The van der Waals surface area contributed by atoms with E-state index >= 15 is 0 Å². The second-order valence-corrected chi connectivity index (χ2v) is 36.5. The summed E-state index contributed by atoms with van der Waals surface area (Å²) in [6.07, 6.45) is 0. The Hall–Kier alpha value is 0.249. The molecule has 0 aliphatic carbocycles. The Labute approximate surface area is 232 Å². The number of hydrogen-bond donors (Lipinski definition) is 4. The Bertz CT molecular complexity index is 253. The number of halogens is 4. The van der Waals surface area contributed by atoms with Crippen LogP contribution < -0.4 is 0 Å². The van der Waals surface area contributed by atoms with Gasteiger partial charge >= 0.3 is 49.5 Å². The van der Waals surface area contributed by atoms with Crippen molar-refractivity contribution in [1.29, 1.82) is 0 Å². The first kappa shape index (κ1) is 131. The summed E-state index contributed by atoms with van der Waals surface area (Å²) in [7, 11) is 0. The summed E-state index contributed by atoms with van der Waals surface area (Å²) < 4.78 is 0. The minimum Gasteiger partial charge on any atom is 0 e. The Morgan fingerprint density at radius 2 is 0.455 bits per heavy atom. The van der Waals surface area contributed by atoms with E-state index in [0.29, 0.717) is 0 Å². The maximum Gasteiger partial charge on any atom is 0 e. The van der Waals surface area contributed by atoms with E-state index in [1.807, 2.05) is 0 Å². The van der Waals surface area contributed by atoms with Crippen LogP contribution in [-0.4, -0.2) is 90.5 Å². The zero-order valence-electron chi connectivity index (χ0n) is 13.9. The molecule has 0 atom stereocenters. The fourth-order valence-electron chi connectivity index (χ4n) is 0. The monoisotopic (exact) mass is 1050 g/mol. The molecule has 25 nitrogen and oxygen atoms in total. The van der Waals surface area contributed by atoms with Gasteiger partial charge in [0.1, 0.15) is 0 Å². The van der Waals surface area contributed by atoms with Gasteiger partial charge in [-0.3, -0.25) is 0 Å². The van der Waals surface area contributed by atoms with Crippen LogP contribution in [0.1, 0.15) is 14.9 Å². The van der Waals surface area contributed by atoms with Gasteiger partial charge in [0, 0.05) is 39.9 Å². The molecule has 0 heterocycles. The predicted octanol–water partition coefficient (Wildman–Crippen LogP) is -4.78. The molecule has 0 aromatic rings. The van der Waals surface area contributed by atoms with Gasteiger partial charge in [-0.15, -0.1) is 40.5 Å². The van der Waals surface area contributed by atoms with Gasteiger partial charge in [0.15, 0.2) is 0 Å². The second kappa shape index (κ2) is 94.6. The molecule has 0 aliphatic heterocycles. The summed E-state index contributed by atoms with van der Waals surface area (Å²) in [4.78, 5) is 33.4. The maximum atomic E-state index is 8.36. The van der Waals surface area contributed by atoms with Crippen molar-refractivity contribution < 1.29 is 156 Å². The van der Waals surface area contributed by atoms with Crippen LogP contribution in [0.5, 0.6) is 0 Å². The predicted molar refractivity (Wildman–Crippen MR) is 105 cm³/mol. The van der Waals surface area contributed by atoms with Gasteiger partial charge in [0.25, 0.3) is 20.3 Å². The van der Waals surface area contributed by atoms with Crippen molar-refractivity contribution in [3.8, 4) is 0 Å². The molecule has 0 saturated heterocycles. The Morgan fingerprint density at radius 3 is 0.455 bits per heavy atom. The molecular weight excluding hydrogens is 1020 g/mol. The summed E-state index contributed by atoms with van der Waals surface area (Å²) in [6.45, 7) is 0.